The standard InChI is InChI=1S/C18H20N6O2S/c1-4-19-17(26)21-15(25)14(13-8-6-5-7-9-13)27-18-22-16-20-11(2)10-12(3)24(16)23-18/h5-10,14H,4H2,1-3H3,(H2,19,21,25,26)/t14-/m0/s1. The summed E-state index contributed by atoms with van der Waals surface area (Å²) in [5, 5.41) is 9.10. The largest absolute Gasteiger partial charge is 0.338 e. The van der Waals surface area contributed by atoms with E-state index in [4.69, 9.17) is 0 Å². The molecule has 1 atom stereocenters. The Labute approximate surface area is 160 Å². The second kappa shape index (κ2) is 8.17. The van der Waals surface area contributed by atoms with E-state index in [9.17, 15) is 9.59 Å². The lowest BCUT2D eigenvalue weighted by molar-refractivity contribution is -0.119. The van der Waals surface area contributed by atoms with Crippen molar-refractivity contribution in [3.05, 3.63) is 53.3 Å². The van der Waals surface area contributed by atoms with Gasteiger partial charge in [-0.1, -0.05) is 42.1 Å². The highest BCUT2D eigenvalue weighted by Crippen LogP contribution is 2.33. The fourth-order valence-corrected chi connectivity index (χ4v) is 3.52. The minimum absolute atomic E-state index is 0.413. The minimum Gasteiger partial charge on any atom is -0.338 e. The molecule has 0 unspecified atom stereocenters. The zero-order chi connectivity index (χ0) is 19.4. The number of rotatable bonds is 5. The Balaban J connectivity index is 1.90. The molecule has 140 valence electrons. The predicted molar refractivity (Wildman–Crippen MR) is 103 cm³/mol. The Bertz CT molecular complexity index is 973. The van der Waals surface area contributed by atoms with E-state index in [-0.39, 0.29) is 0 Å². The topological polar surface area (TPSA) is 101 Å². The van der Waals surface area contributed by atoms with Gasteiger partial charge in [-0.15, -0.1) is 5.10 Å². The number of aryl methyl sites for hydroxylation is 2. The van der Waals surface area contributed by atoms with Crippen molar-refractivity contribution in [3.8, 4) is 0 Å². The number of urea groups is 1. The highest BCUT2D eigenvalue weighted by atomic mass is 32.2. The lowest BCUT2D eigenvalue weighted by Gasteiger charge is -2.14. The third-order valence-corrected chi connectivity index (χ3v) is 4.84. The molecule has 3 rings (SSSR count). The van der Waals surface area contributed by atoms with Crippen LogP contribution in [0.3, 0.4) is 0 Å². The number of hydrogen-bond acceptors (Lipinski definition) is 6. The van der Waals surface area contributed by atoms with Crippen LogP contribution in [-0.4, -0.2) is 38.1 Å². The third kappa shape index (κ3) is 4.43. The number of carbonyl (C=O) groups excluding carboxylic acids is 2. The quantitative estimate of drug-likeness (QED) is 0.655. The van der Waals surface area contributed by atoms with Crippen molar-refractivity contribution in [1.29, 1.82) is 0 Å². The molecule has 2 aromatic heterocycles. The number of amides is 3. The average Bonchev–Trinajstić information content (AvgIpc) is 3.03. The summed E-state index contributed by atoms with van der Waals surface area (Å²) in [4.78, 5) is 33.3. The van der Waals surface area contributed by atoms with Crippen LogP contribution in [0.1, 0.15) is 29.1 Å². The number of nitrogens with zero attached hydrogens (tertiary/aromatic N) is 4. The van der Waals surface area contributed by atoms with Crippen LogP contribution in [0, 0.1) is 13.8 Å². The van der Waals surface area contributed by atoms with Gasteiger partial charge in [-0.25, -0.2) is 14.3 Å². The number of benzene rings is 1. The highest BCUT2D eigenvalue weighted by Gasteiger charge is 2.25. The van der Waals surface area contributed by atoms with Crippen LogP contribution in [0.2, 0.25) is 0 Å². The fourth-order valence-electron chi connectivity index (χ4n) is 2.59. The molecule has 2 N–H and O–H groups in total. The van der Waals surface area contributed by atoms with Crippen molar-refractivity contribution in [1.82, 2.24) is 30.2 Å². The molecular formula is C18H20N6O2S. The Morgan fingerprint density at radius 2 is 1.93 bits per heavy atom. The molecule has 0 bridgehead atoms. The minimum atomic E-state index is -0.673. The molecule has 0 aliphatic heterocycles. The highest BCUT2D eigenvalue weighted by molar-refractivity contribution is 8.00. The van der Waals surface area contributed by atoms with Gasteiger partial charge >= 0.3 is 6.03 Å². The maximum atomic E-state index is 12.7. The maximum Gasteiger partial charge on any atom is 0.321 e. The van der Waals surface area contributed by atoms with E-state index in [1.54, 1.807) is 11.4 Å². The van der Waals surface area contributed by atoms with Crippen LogP contribution in [0.4, 0.5) is 4.79 Å². The number of hydrogen-bond donors (Lipinski definition) is 2. The molecule has 3 amide bonds. The van der Waals surface area contributed by atoms with Crippen molar-refractivity contribution < 1.29 is 9.59 Å². The molecular weight excluding hydrogens is 364 g/mol. The van der Waals surface area contributed by atoms with Gasteiger partial charge in [0.25, 0.3) is 5.78 Å². The zero-order valence-electron chi connectivity index (χ0n) is 15.3. The number of nitrogens with one attached hydrogen (secondary N) is 2. The van der Waals surface area contributed by atoms with Crippen LogP contribution in [0.5, 0.6) is 0 Å². The first-order valence-corrected chi connectivity index (χ1v) is 9.37. The second-order valence-corrected chi connectivity index (χ2v) is 6.97. The van der Waals surface area contributed by atoms with Crippen LogP contribution in [0.25, 0.3) is 5.78 Å². The van der Waals surface area contributed by atoms with E-state index < -0.39 is 17.2 Å². The van der Waals surface area contributed by atoms with Gasteiger partial charge in [0.15, 0.2) is 0 Å². The third-order valence-electron chi connectivity index (χ3n) is 3.74. The number of thioether (sulfide) groups is 1. The Kier molecular flexibility index (Phi) is 5.70. The molecule has 2 heterocycles. The van der Waals surface area contributed by atoms with Gasteiger partial charge < -0.3 is 5.32 Å². The van der Waals surface area contributed by atoms with Gasteiger partial charge in [0.05, 0.1) is 0 Å². The number of carbonyl (C=O) groups is 2. The van der Waals surface area contributed by atoms with Crippen molar-refractivity contribution in [2.75, 3.05) is 6.54 Å². The van der Waals surface area contributed by atoms with E-state index >= 15 is 0 Å². The van der Waals surface area contributed by atoms with Crippen LogP contribution in [-0.2, 0) is 4.79 Å². The van der Waals surface area contributed by atoms with E-state index in [0.29, 0.717) is 17.5 Å². The number of imide groups is 1. The fraction of sp³-hybridized carbons (Fsp3) is 0.278. The van der Waals surface area contributed by atoms with E-state index in [2.05, 4.69) is 25.7 Å². The SMILES string of the molecule is CCNC(=O)NC(=O)[C@@H](Sc1nc2nc(C)cc(C)n2n1)c1ccccc1. The molecule has 0 aliphatic carbocycles. The number of fused-ring (bicyclic) bond motifs is 1. The van der Waals surface area contributed by atoms with E-state index in [1.807, 2.05) is 50.2 Å². The summed E-state index contributed by atoms with van der Waals surface area (Å²) in [5.41, 5.74) is 2.50. The first-order chi connectivity index (χ1) is 13.0. The molecule has 27 heavy (non-hydrogen) atoms. The van der Waals surface area contributed by atoms with Gasteiger partial charge in [-0.2, -0.15) is 4.98 Å². The summed E-state index contributed by atoms with van der Waals surface area (Å²) >= 11 is 1.18. The molecule has 8 nitrogen and oxygen atoms in total. The van der Waals surface area contributed by atoms with Crippen LogP contribution in [0.15, 0.2) is 41.6 Å². The lowest BCUT2D eigenvalue weighted by Crippen LogP contribution is -2.41. The summed E-state index contributed by atoms with van der Waals surface area (Å²) < 4.78 is 1.64. The smallest absolute Gasteiger partial charge is 0.321 e. The molecule has 0 spiro atoms. The van der Waals surface area contributed by atoms with Gasteiger partial charge in [0.2, 0.25) is 11.1 Å². The van der Waals surface area contributed by atoms with Crippen LogP contribution >= 0.6 is 11.8 Å². The summed E-state index contributed by atoms with van der Waals surface area (Å²) in [6, 6.07) is 10.6. The van der Waals surface area contributed by atoms with Crippen molar-refractivity contribution in [3.63, 3.8) is 0 Å². The van der Waals surface area contributed by atoms with Gasteiger partial charge in [-0.05, 0) is 32.4 Å². The summed E-state index contributed by atoms with van der Waals surface area (Å²) in [6.45, 7) is 6.02. The molecule has 3 aromatic rings. The molecule has 0 saturated carbocycles. The summed E-state index contributed by atoms with van der Waals surface area (Å²) in [6.07, 6.45) is 0. The molecule has 0 aliphatic rings. The molecule has 9 heteroatoms. The average molecular weight is 384 g/mol. The van der Waals surface area contributed by atoms with Crippen LogP contribution < -0.4 is 10.6 Å². The predicted octanol–water partition coefficient (Wildman–Crippen LogP) is 2.42. The Morgan fingerprint density at radius 3 is 2.63 bits per heavy atom. The first-order valence-electron chi connectivity index (χ1n) is 8.49. The maximum absolute atomic E-state index is 12.7. The lowest BCUT2D eigenvalue weighted by atomic mass is 10.1. The van der Waals surface area contributed by atoms with Crippen molar-refractivity contribution >= 4 is 29.5 Å². The van der Waals surface area contributed by atoms with Crippen molar-refractivity contribution in [2.45, 2.75) is 31.2 Å². The first kappa shape index (κ1) is 18.8. The summed E-state index contributed by atoms with van der Waals surface area (Å²) in [7, 11) is 0. The Morgan fingerprint density at radius 1 is 1.19 bits per heavy atom. The van der Waals surface area contributed by atoms with E-state index in [0.717, 1.165) is 17.0 Å². The van der Waals surface area contributed by atoms with Gasteiger partial charge in [0.1, 0.15) is 5.25 Å². The van der Waals surface area contributed by atoms with Crippen molar-refractivity contribution in [2.24, 2.45) is 0 Å². The second-order valence-electron chi connectivity index (χ2n) is 5.90. The monoisotopic (exact) mass is 384 g/mol. The number of aromatic nitrogens is 4. The van der Waals surface area contributed by atoms with Gasteiger partial charge in [-0.3, -0.25) is 10.1 Å². The molecule has 0 radical (unpaired) electrons. The summed E-state index contributed by atoms with van der Waals surface area (Å²) in [5.74, 6) is 0.0443. The zero-order valence-corrected chi connectivity index (χ0v) is 16.1. The normalized spacial score (nSPS) is 12.0. The van der Waals surface area contributed by atoms with Gasteiger partial charge in [0, 0.05) is 17.9 Å². The molecule has 1 aromatic carbocycles. The van der Waals surface area contributed by atoms with E-state index in [1.165, 1.54) is 11.8 Å². The molecule has 0 saturated heterocycles. The Hall–Kier alpha value is -2.94. The molecule has 0 fully saturated rings.